The molecule has 1 unspecified atom stereocenters. The zero-order valence-corrected chi connectivity index (χ0v) is 17.1. The Bertz CT molecular complexity index is 845. The van der Waals surface area contributed by atoms with Crippen LogP contribution in [0.25, 0.3) is 0 Å². The molecule has 1 atom stereocenters. The Morgan fingerprint density at radius 3 is 1.62 bits per heavy atom. The minimum Gasteiger partial charge on any atom is -0.494 e. The molecule has 2 N–H and O–H groups in total. The first-order valence-corrected chi connectivity index (χ1v) is 11.3. The summed E-state index contributed by atoms with van der Waals surface area (Å²) in [6.07, 6.45) is 2.03. The minimum atomic E-state index is -3.62. The Balaban J connectivity index is 1.58. The van der Waals surface area contributed by atoms with Gasteiger partial charge < -0.3 is 19.5 Å². The molecule has 3 aromatic rings. The number of benzene rings is 3. The van der Waals surface area contributed by atoms with Crippen molar-refractivity contribution in [2.75, 3.05) is 6.61 Å². The second-order valence-corrected chi connectivity index (χ2v) is 8.68. The number of unbranched alkanes of at least 4 members (excludes halogenated alkanes) is 1. The highest BCUT2D eigenvalue weighted by Crippen LogP contribution is 2.52. The van der Waals surface area contributed by atoms with E-state index in [1.54, 1.807) is 24.3 Å². The molecule has 0 aliphatic carbocycles. The predicted molar refractivity (Wildman–Crippen MR) is 116 cm³/mol. The molecule has 3 aromatic carbocycles. The van der Waals surface area contributed by atoms with Crippen molar-refractivity contribution in [1.29, 1.82) is 0 Å². The van der Waals surface area contributed by atoms with E-state index in [-0.39, 0.29) is 0 Å². The smallest absolute Gasteiger partial charge is 0.447 e. The maximum absolute atomic E-state index is 13.5. The predicted octanol–water partition coefficient (Wildman–Crippen LogP) is 5.87. The summed E-state index contributed by atoms with van der Waals surface area (Å²) in [4.78, 5) is 0. The largest absolute Gasteiger partial charge is 0.494 e. The molecule has 0 saturated heterocycles. The minimum absolute atomic E-state index is 0.467. The molecule has 0 aliphatic rings. The van der Waals surface area contributed by atoms with E-state index in [1.165, 1.54) is 0 Å². The van der Waals surface area contributed by atoms with Crippen molar-refractivity contribution in [2.24, 2.45) is 5.73 Å². The van der Waals surface area contributed by atoms with E-state index >= 15 is 0 Å². The normalized spacial score (nSPS) is 12.2. The van der Waals surface area contributed by atoms with Gasteiger partial charge in [-0.05, 0) is 55.7 Å². The summed E-state index contributed by atoms with van der Waals surface area (Å²) >= 11 is 0. The van der Waals surface area contributed by atoms with Gasteiger partial charge in [0, 0.05) is 0 Å². The van der Waals surface area contributed by atoms with Crippen LogP contribution >= 0.6 is 7.60 Å². The third-order valence-corrected chi connectivity index (χ3v) is 6.27. The van der Waals surface area contributed by atoms with Crippen molar-refractivity contribution >= 4 is 7.60 Å². The molecule has 0 fully saturated rings. The lowest BCUT2D eigenvalue weighted by molar-refractivity contribution is 0.302. The average Bonchev–Trinajstić information content (AvgIpc) is 2.75. The fourth-order valence-corrected chi connectivity index (χ4v) is 4.37. The van der Waals surface area contributed by atoms with Crippen molar-refractivity contribution in [1.82, 2.24) is 0 Å². The standard InChI is InChI=1S/C23H26NO4P/c24-23(18-10-11-19-26-20-12-4-1-5-13-20)29(25,27-21-14-6-2-7-15-21)28-22-16-8-3-9-17-22/h1-9,12-17,23H,10-11,18-19,24H2. The van der Waals surface area contributed by atoms with Crippen LogP contribution in [0.3, 0.4) is 0 Å². The molecule has 0 bridgehead atoms. The Hall–Kier alpha value is -2.75. The third kappa shape index (κ3) is 6.67. The number of rotatable bonds is 11. The molecular formula is C23H26NO4P. The topological polar surface area (TPSA) is 70.8 Å². The fourth-order valence-electron chi connectivity index (χ4n) is 2.73. The van der Waals surface area contributed by atoms with Gasteiger partial charge in [0.1, 0.15) is 23.0 Å². The number of para-hydroxylation sites is 3. The molecule has 0 saturated carbocycles. The van der Waals surface area contributed by atoms with Gasteiger partial charge in [0.05, 0.1) is 6.61 Å². The van der Waals surface area contributed by atoms with Gasteiger partial charge in [0.2, 0.25) is 0 Å². The van der Waals surface area contributed by atoms with Crippen LogP contribution in [0, 0.1) is 0 Å². The van der Waals surface area contributed by atoms with Crippen molar-refractivity contribution in [3.8, 4) is 17.2 Å². The molecule has 6 heteroatoms. The lowest BCUT2D eigenvalue weighted by Gasteiger charge is -2.25. The monoisotopic (exact) mass is 411 g/mol. The van der Waals surface area contributed by atoms with Crippen molar-refractivity contribution in [2.45, 2.75) is 25.0 Å². The van der Waals surface area contributed by atoms with Crippen LogP contribution in [-0.2, 0) is 4.57 Å². The lowest BCUT2D eigenvalue weighted by atomic mass is 10.2. The summed E-state index contributed by atoms with van der Waals surface area (Å²) in [5.74, 6) is 1.02. The summed E-state index contributed by atoms with van der Waals surface area (Å²) in [6.45, 7) is 0.570. The summed E-state index contributed by atoms with van der Waals surface area (Å²) in [7, 11) is -3.62. The number of ether oxygens (including phenoxy) is 1. The second-order valence-electron chi connectivity index (χ2n) is 6.57. The lowest BCUT2D eigenvalue weighted by Crippen LogP contribution is -2.26. The molecule has 0 spiro atoms. The average molecular weight is 411 g/mol. The van der Waals surface area contributed by atoms with Crippen molar-refractivity contribution < 1.29 is 18.3 Å². The molecule has 0 aromatic heterocycles. The van der Waals surface area contributed by atoms with Gasteiger partial charge in [-0.25, -0.2) is 4.57 Å². The van der Waals surface area contributed by atoms with Gasteiger partial charge in [0.25, 0.3) is 0 Å². The van der Waals surface area contributed by atoms with E-state index < -0.39 is 13.4 Å². The molecule has 29 heavy (non-hydrogen) atoms. The van der Waals surface area contributed by atoms with Crippen LogP contribution in [0.15, 0.2) is 91.0 Å². The fraction of sp³-hybridized carbons (Fsp3) is 0.217. The molecule has 5 nitrogen and oxygen atoms in total. The number of hydrogen-bond donors (Lipinski definition) is 1. The molecule has 0 radical (unpaired) electrons. The number of hydrogen-bond acceptors (Lipinski definition) is 5. The summed E-state index contributed by atoms with van der Waals surface area (Å²) < 4.78 is 30.8. The molecule has 0 heterocycles. The molecule has 152 valence electrons. The van der Waals surface area contributed by atoms with E-state index in [1.807, 2.05) is 66.7 Å². The first-order valence-electron chi connectivity index (χ1n) is 9.68. The Labute approximate surface area is 172 Å². The second kappa shape index (κ2) is 10.7. The van der Waals surface area contributed by atoms with Crippen LogP contribution in [0.2, 0.25) is 0 Å². The maximum atomic E-state index is 13.5. The van der Waals surface area contributed by atoms with Crippen molar-refractivity contribution in [3.63, 3.8) is 0 Å². The Morgan fingerprint density at radius 1 is 0.690 bits per heavy atom. The quantitative estimate of drug-likeness (QED) is 0.316. The van der Waals surface area contributed by atoms with E-state index in [0.717, 1.165) is 18.6 Å². The highest BCUT2D eigenvalue weighted by Gasteiger charge is 2.36. The van der Waals surface area contributed by atoms with Gasteiger partial charge in [-0.15, -0.1) is 0 Å². The van der Waals surface area contributed by atoms with Crippen LogP contribution in [0.5, 0.6) is 17.2 Å². The van der Waals surface area contributed by atoms with E-state index in [9.17, 15) is 4.57 Å². The van der Waals surface area contributed by atoms with Gasteiger partial charge in [-0.1, -0.05) is 54.6 Å². The highest BCUT2D eigenvalue weighted by molar-refractivity contribution is 7.55. The van der Waals surface area contributed by atoms with Crippen LogP contribution < -0.4 is 19.5 Å². The summed E-state index contributed by atoms with van der Waals surface area (Å²) in [5.41, 5.74) is 6.29. The van der Waals surface area contributed by atoms with Gasteiger partial charge in [0.15, 0.2) is 0 Å². The van der Waals surface area contributed by atoms with E-state index in [4.69, 9.17) is 19.5 Å². The SMILES string of the molecule is NC(CCCCOc1ccccc1)P(=O)(Oc1ccccc1)Oc1ccccc1. The zero-order valence-electron chi connectivity index (χ0n) is 16.2. The van der Waals surface area contributed by atoms with Gasteiger partial charge >= 0.3 is 7.60 Å². The molecule has 0 amide bonds. The molecule has 0 aliphatic heterocycles. The van der Waals surface area contributed by atoms with Crippen LogP contribution in [-0.4, -0.2) is 12.4 Å². The summed E-state index contributed by atoms with van der Waals surface area (Å²) in [6, 6.07) is 27.6. The highest BCUT2D eigenvalue weighted by atomic mass is 31.2. The number of nitrogens with two attached hydrogens (primary N) is 1. The van der Waals surface area contributed by atoms with Crippen LogP contribution in [0.4, 0.5) is 0 Å². The van der Waals surface area contributed by atoms with Crippen molar-refractivity contribution in [3.05, 3.63) is 91.0 Å². The maximum Gasteiger partial charge on any atom is 0.447 e. The zero-order chi connectivity index (χ0) is 20.4. The Morgan fingerprint density at radius 2 is 1.14 bits per heavy atom. The van der Waals surface area contributed by atoms with Gasteiger partial charge in [-0.3, -0.25) is 0 Å². The summed E-state index contributed by atoms with van der Waals surface area (Å²) in [5, 5.41) is 0. The first kappa shape index (κ1) is 21.0. The van der Waals surface area contributed by atoms with Gasteiger partial charge in [-0.2, -0.15) is 0 Å². The third-order valence-electron chi connectivity index (χ3n) is 4.26. The van der Waals surface area contributed by atoms with Crippen LogP contribution in [0.1, 0.15) is 19.3 Å². The first-order chi connectivity index (χ1) is 14.2. The Kier molecular flexibility index (Phi) is 7.74. The van der Waals surface area contributed by atoms with E-state index in [2.05, 4.69) is 0 Å². The van der Waals surface area contributed by atoms with E-state index in [0.29, 0.717) is 24.5 Å². The molecule has 3 rings (SSSR count). The molecular weight excluding hydrogens is 385 g/mol.